The number of allylic oxidation sites excluding steroid dienone is 4. The van der Waals surface area contributed by atoms with Gasteiger partial charge < -0.3 is 0 Å². The predicted octanol–water partition coefficient (Wildman–Crippen LogP) is 6.48. The summed E-state index contributed by atoms with van der Waals surface area (Å²) in [6.07, 6.45) is 8.06. The summed E-state index contributed by atoms with van der Waals surface area (Å²) < 4.78 is 26.7. The molecule has 1 aliphatic rings. The molecular formula is C20H26F2. The van der Waals surface area contributed by atoms with Crippen LogP contribution in [0.1, 0.15) is 58.4 Å². The molecule has 0 radical (unpaired) electrons. The van der Waals surface area contributed by atoms with E-state index in [9.17, 15) is 8.78 Å². The Kier molecular flexibility index (Phi) is 5.55. The first-order chi connectivity index (χ1) is 10.5. The first kappa shape index (κ1) is 16.9. The molecule has 0 heterocycles. The van der Waals surface area contributed by atoms with Crippen molar-refractivity contribution in [2.45, 2.75) is 58.3 Å². The fourth-order valence-electron chi connectivity index (χ4n) is 3.77. The maximum Gasteiger partial charge on any atom is 0.123 e. The van der Waals surface area contributed by atoms with Crippen LogP contribution in [0.25, 0.3) is 0 Å². The molecule has 0 N–H and O–H groups in total. The average Bonchev–Trinajstić information content (AvgIpc) is 2.53. The first-order valence-electron chi connectivity index (χ1n) is 8.34. The molecular weight excluding hydrogens is 278 g/mol. The fraction of sp³-hybridized carbons (Fsp3) is 0.500. The molecule has 2 unspecified atom stereocenters. The molecule has 120 valence electrons. The number of halogens is 2. The van der Waals surface area contributed by atoms with Crippen LogP contribution in [0, 0.1) is 11.7 Å². The fourth-order valence-corrected chi connectivity index (χ4v) is 3.77. The molecule has 0 fully saturated rings. The summed E-state index contributed by atoms with van der Waals surface area (Å²) in [5, 5.41) is 0. The van der Waals surface area contributed by atoms with Gasteiger partial charge in [0.15, 0.2) is 0 Å². The van der Waals surface area contributed by atoms with Crippen LogP contribution in [0.5, 0.6) is 0 Å². The van der Waals surface area contributed by atoms with Crippen molar-refractivity contribution in [2.24, 2.45) is 5.92 Å². The van der Waals surface area contributed by atoms with Gasteiger partial charge in [-0.25, -0.2) is 8.78 Å². The van der Waals surface area contributed by atoms with Gasteiger partial charge in [0.1, 0.15) is 11.6 Å². The Labute approximate surface area is 132 Å². The lowest BCUT2D eigenvalue weighted by molar-refractivity contribution is 0.297. The lowest BCUT2D eigenvalue weighted by Gasteiger charge is -2.41. The van der Waals surface area contributed by atoms with Crippen molar-refractivity contribution < 1.29 is 8.78 Å². The topological polar surface area (TPSA) is 0 Å². The van der Waals surface area contributed by atoms with E-state index in [1.54, 1.807) is 6.08 Å². The molecule has 0 bridgehead atoms. The van der Waals surface area contributed by atoms with Crippen molar-refractivity contribution in [2.75, 3.05) is 0 Å². The predicted molar refractivity (Wildman–Crippen MR) is 88.9 cm³/mol. The summed E-state index contributed by atoms with van der Waals surface area (Å²) in [5.74, 6) is 0.218. The highest BCUT2D eigenvalue weighted by Crippen LogP contribution is 2.46. The Bertz CT molecular complexity index is 554. The highest BCUT2D eigenvalue weighted by Gasteiger charge is 2.38. The van der Waals surface area contributed by atoms with Gasteiger partial charge in [0.05, 0.1) is 0 Å². The van der Waals surface area contributed by atoms with E-state index in [0.29, 0.717) is 12.3 Å². The van der Waals surface area contributed by atoms with E-state index < -0.39 is 0 Å². The number of hydrogen-bond donors (Lipinski definition) is 0. The lowest BCUT2D eigenvalue weighted by Crippen LogP contribution is -2.34. The number of benzene rings is 1. The Morgan fingerprint density at radius 2 is 1.73 bits per heavy atom. The third-order valence-corrected chi connectivity index (χ3v) is 5.16. The second-order valence-corrected chi connectivity index (χ2v) is 6.41. The van der Waals surface area contributed by atoms with Crippen molar-refractivity contribution in [1.29, 1.82) is 0 Å². The number of rotatable bonds is 6. The molecule has 0 spiro atoms. The largest absolute Gasteiger partial charge is 0.212 e. The van der Waals surface area contributed by atoms with Gasteiger partial charge in [-0.05, 0) is 42.5 Å². The molecule has 1 aromatic carbocycles. The summed E-state index contributed by atoms with van der Waals surface area (Å²) in [6, 6.07) is 6.85. The molecule has 0 saturated heterocycles. The van der Waals surface area contributed by atoms with E-state index >= 15 is 0 Å². The normalized spacial score (nSPS) is 19.1. The van der Waals surface area contributed by atoms with E-state index in [4.69, 9.17) is 0 Å². The van der Waals surface area contributed by atoms with E-state index in [2.05, 4.69) is 20.8 Å². The molecule has 2 heteroatoms. The summed E-state index contributed by atoms with van der Waals surface area (Å²) in [6.45, 7) is 6.65. The minimum atomic E-state index is -0.210. The van der Waals surface area contributed by atoms with Crippen molar-refractivity contribution in [3.8, 4) is 0 Å². The Hall–Kier alpha value is -1.44. The molecule has 2 atom stereocenters. The van der Waals surface area contributed by atoms with Gasteiger partial charge in [0.25, 0.3) is 0 Å². The number of hydrogen-bond acceptors (Lipinski definition) is 0. The Balaban J connectivity index is 2.50. The summed E-state index contributed by atoms with van der Waals surface area (Å²) >= 11 is 0. The molecule has 0 aromatic heterocycles. The van der Waals surface area contributed by atoms with Crippen LogP contribution in [0.2, 0.25) is 0 Å². The van der Waals surface area contributed by atoms with Gasteiger partial charge in [-0.2, -0.15) is 0 Å². The second-order valence-electron chi connectivity index (χ2n) is 6.41. The van der Waals surface area contributed by atoms with E-state index in [-0.39, 0.29) is 17.1 Å². The van der Waals surface area contributed by atoms with Gasteiger partial charge in [0.2, 0.25) is 0 Å². The summed E-state index contributed by atoms with van der Waals surface area (Å²) in [7, 11) is 0. The van der Waals surface area contributed by atoms with Crippen LogP contribution >= 0.6 is 0 Å². The van der Waals surface area contributed by atoms with Crippen LogP contribution in [0.3, 0.4) is 0 Å². The molecule has 1 aliphatic carbocycles. The monoisotopic (exact) mass is 304 g/mol. The van der Waals surface area contributed by atoms with Crippen molar-refractivity contribution in [1.82, 2.24) is 0 Å². The lowest BCUT2D eigenvalue weighted by atomic mass is 9.63. The molecule has 0 nitrogen and oxygen atoms in total. The van der Waals surface area contributed by atoms with Crippen LogP contribution < -0.4 is 0 Å². The SMILES string of the molecule is CCCC(CC)C(C)(C1=CC=C(F)CC1)c1ccc(F)cc1. The maximum atomic E-state index is 13.4. The quantitative estimate of drug-likeness (QED) is 0.564. The third kappa shape index (κ3) is 3.31. The van der Waals surface area contributed by atoms with Crippen molar-refractivity contribution in [3.05, 3.63) is 59.2 Å². The molecule has 0 amide bonds. The zero-order valence-corrected chi connectivity index (χ0v) is 13.8. The summed E-state index contributed by atoms with van der Waals surface area (Å²) in [4.78, 5) is 0. The Morgan fingerprint density at radius 1 is 1.05 bits per heavy atom. The highest BCUT2D eigenvalue weighted by atomic mass is 19.1. The molecule has 1 aromatic rings. The zero-order valence-electron chi connectivity index (χ0n) is 13.8. The standard InChI is InChI=1S/C20H26F2/c1-4-6-15(5-2)20(3,16-7-11-18(21)12-8-16)17-9-13-19(22)14-10-17/h7-9,11-13,15H,4-6,10,14H2,1-3H3. The average molecular weight is 304 g/mol. The van der Waals surface area contributed by atoms with Gasteiger partial charge in [-0.15, -0.1) is 0 Å². The summed E-state index contributed by atoms with van der Waals surface area (Å²) in [5.41, 5.74) is 2.24. The smallest absolute Gasteiger partial charge is 0.123 e. The molecule has 0 aliphatic heterocycles. The van der Waals surface area contributed by atoms with Crippen LogP contribution in [-0.4, -0.2) is 0 Å². The van der Waals surface area contributed by atoms with Gasteiger partial charge >= 0.3 is 0 Å². The highest BCUT2D eigenvalue weighted by molar-refractivity contribution is 5.40. The van der Waals surface area contributed by atoms with Gasteiger partial charge in [0, 0.05) is 11.8 Å². The maximum absolute atomic E-state index is 13.4. The van der Waals surface area contributed by atoms with E-state index in [0.717, 1.165) is 31.2 Å². The Morgan fingerprint density at radius 3 is 2.23 bits per heavy atom. The molecule has 22 heavy (non-hydrogen) atoms. The second kappa shape index (κ2) is 7.21. The first-order valence-corrected chi connectivity index (χ1v) is 8.34. The molecule has 0 saturated carbocycles. The van der Waals surface area contributed by atoms with Gasteiger partial charge in [-0.3, -0.25) is 0 Å². The van der Waals surface area contributed by atoms with Crippen molar-refractivity contribution in [3.63, 3.8) is 0 Å². The van der Waals surface area contributed by atoms with E-state index in [1.165, 1.54) is 17.7 Å². The third-order valence-electron chi connectivity index (χ3n) is 5.16. The van der Waals surface area contributed by atoms with Crippen LogP contribution in [-0.2, 0) is 5.41 Å². The van der Waals surface area contributed by atoms with E-state index in [1.807, 2.05) is 18.2 Å². The van der Waals surface area contributed by atoms with Crippen molar-refractivity contribution >= 4 is 0 Å². The van der Waals surface area contributed by atoms with Gasteiger partial charge in [-0.1, -0.05) is 57.4 Å². The zero-order chi connectivity index (χ0) is 16.2. The van der Waals surface area contributed by atoms with Crippen LogP contribution in [0.15, 0.2) is 47.8 Å². The minimum Gasteiger partial charge on any atom is -0.212 e. The minimum absolute atomic E-state index is 0.0475. The molecule has 2 rings (SSSR count). The van der Waals surface area contributed by atoms with Crippen LogP contribution in [0.4, 0.5) is 8.78 Å².